The Balaban J connectivity index is 1.72. The molecule has 0 amide bonds. The molecule has 2 aromatic heterocycles. The minimum Gasteiger partial charge on any atom is -0.425 e. The van der Waals surface area contributed by atoms with Gasteiger partial charge in [0.25, 0.3) is 0 Å². The smallest absolute Gasteiger partial charge is 0.221 e. The minimum atomic E-state index is 0.553. The Labute approximate surface area is 110 Å². The van der Waals surface area contributed by atoms with Crippen LogP contribution in [-0.4, -0.2) is 15.4 Å². The predicted octanol–water partition coefficient (Wildman–Crippen LogP) is 2.55. The second kappa shape index (κ2) is 5.06. The Morgan fingerprint density at radius 1 is 1.00 bits per heavy atom. The zero-order valence-electron chi connectivity index (χ0n) is 10.5. The van der Waals surface area contributed by atoms with Crippen LogP contribution in [0.15, 0.2) is 45.5 Å². The highest BCUT2D eigenvalue weighted by Gasteiger charge is 2.11. The van der Waals surface area contributed by atoms with Crippen LogP contribution in [-0.2, 0) is 12.8 Å². The lowest BCUT2D eigenvalue weighted by molar-refractivity contribution is 0.414. The summed E-state index contributed by atoms with van der Waals surface area (Å²) in [6, 6.07) is 10.0. The van der Waals surface area contributed by atoms with Crippen molar-refractivity contribution in [3.8, 4) is 0 Å². The molecule has 3 aromatic rings. The van der Waals surface area contributed by atoms with Crippen molar-refractivity contribution in [1.29, 1.82) is 0 Å². The summed E-state index contributed by atoms with van der Waals surface area (Å²) >= 11 is 0. The van der Waals surface area contributed by atoms with Crippen LogP contribution in [0, 0.1) is 6.92 Å². The van der Waals surface area contributed by atoms with Gasteiger partial charge < -0.3 is 8.94 Å². The zero-order chi connectivity index (χ0) is 13.1. The van der Waals surface area contributed by atoms with Crippen LogP contribution >= 0.6 is 0 Å². The van der Waals surface area contributed by atoms with Crippen LogP contribution in [0.4, 0.5) is 0 Å². The van der Waals surface area contributed by atoms with Crippen LogP contribution in [0.25, 0.3) is 0 Å². The van der Waals surface area contributed by atoms with Crippen molar-refractivity contribution in [3.63, 3.8) is 0 Å². The Hall–Kier alpha value is -2.43. The van der Waals surface area contributed by atoms with Crippen molar-refractivity contribution in [3.05, 3.63) is 65.2 Å². The lowest BCUT2D eigenvalue weighted by Crippen LogP contribution is -1.88. The summed E-state index contributed by atoms with van der Waals surface area (Å²) in [7, 11) is 0. The molecule has 0 atom stereocenters. The van der Waals surface area contributed by atoms with E-state index in [9.17, 15) is 0 Å². The molecule has 3 rings (SSSR count). The van der Waals surface area contributed by atoms with Crippen molar-refractivity contribution in [1.82, 2.24) is 15.4 Å². The molecule has 0 unspecified atom stereocenters. The maximum Gasteiger partial charge on any atom is 0.221 e. The fraction of sp³-hybridized carbons (Fsp3) is 0.214. The second-order valence-electron chi connectivity index (χ2n) is 4.35. The molecular formula is C14H13N3O2. The van der Waals surface area contributed by atoms with E-state index >= 15 is 0 Å². The molecule has 0 aliphatic carbocycles. The SMILES string of the molecule is Cc1nocc1Cc1nnc(Cc2ccccc2)o1. The summed E-state index contributed by atoms with van der Waals surface area (Å²) < 4.78 is 10.5. The Kier molecular flexibility index (Phi) is 3.10. The van der Waals surface area contributed by atoms with Crippen LogP contribution in [0.1, 0.15) is 28.6 Å². The maximum absolute atomic E-state index is 5.62. The average molecular weight is 255 g/mol. The second-order valence-corrected chi connectivity index (χ2v) is 4.35. The number of nitrogens with zero attached hydrogens (tertiary/aromatic N) is 3. The molecule has 2 heterocycles. The van der Waals surface area contributed by atoms with Gasteiger partial charge in [0.1, 0.15) is 6.26 Å². The Bertz CT molecular complexity index is 658. The summed E-state index contributed by atoms with van der Waals surface area (Å²) in [6.07, 6.45) is 2.81. The van der Waals surface area contributed by atoms with Gasteiger partial charge in [-0.05, 0) is 12.5 Å². The fourth-order valence-corrected chi connectivity index (χ4v) is 1.85. The lowest BCUT2D eigenvalue weighted by Gasteiger charge is -1.95. The third-order valence-electron chi connectivity index (χ3n) is 2.90. The highest BCUT2D eigenvalue weighted by atomic mass is 16.5. The molecule has 0 spiro atoms. The highest BCUT2D eigenvalue weighted by molar-refractivity contribution is 5.19. The molecule has 0 fully saturated rings. The van der Waals surface area contributed by atoms with E-state index in [0.29, 0.717) is 24.6 Å². The molecule has 0 saturated heterocycles. The van der Waals surface area contributed by atoms with Gasteiger partial charge in [0.2, 0.25) is 11.8 Å². The monoisotopic (exact) mass is 255 g/mol. The van der Waals surface area contributed by atoms with E-state index in [1.807, 2.05) is 37.3 Å². The van der Waals surface area contributed by atoms with Crippen molar-refractivity contribution in [2.45, 2.75) is 19.8 Å². The normalized spacial score (nSPS) is 10.8. The molecule has 1 aromatic carbocycles. The van der Waals surface area contributed by atoms with Crippen LogP contribution in [0.2, 0.25) is 0 Å². The molecule has 5 heteroatoms. The van der Waals surface area contributed by atoms with Crippen molar-refractivity contribution < 1.29 is 8.94 Å². The molecule has 0 aliphatic heterocycles. The van der Waals surface area contributed by atoms with Gasteiger partial charge in [-0.1, -0.05) is 35.5 Å². The first-order valence-corrected chi connectivity index (χ1v) is 6.06. The molecule has 96 valence electrons. The summed E-state index contributed by atoms with van der Waals surface area (Å²) in [6.45, 7) is 1.89. The molecule has 5 nitrogen and oxygen atoms in total. The fourth-order valence-electron chi connectivity index (χ4n) is 1.85. The minimum absolute atomic E-state index is 0.553. The van der Waals surface area contributed by atoms with Gasteiger partial charge in [0, 0.05) is 5.56 Å². The topological polar surface area (TPSA) is 65.0 Å². The molecule has 0 N–H and O–H groups in total. The molecule has 0 radical (unpaired) electrons. The average Bonchev–Trinajstić information content (AvgIpc) is 3.02. The van der Waals surface area contributed by atoms with Crippen LogP contribution < -0.4 is 0 Å². The summed E-state index contributed by atoms with van der Waals surface area (Å²) in [4.78, 5) is 0. The first-order chi connectivity index (χ1) is 9.31. The van der Waals surface area contributed by atoms with Crippen LogP contribution in [0.5, 0.6) is 0 Å². The van der Waals surface area contributed by atoms with Crippen molar-refractivity contribution >= 4 is 0 Å². The van der Waals surface area contributed by atoms with E-state index in [2.05, 4.69) is 15.4 Å². The van der Waals surface area contributed by atoms with E-state index in [-0.39, 0.29) is 0 Å². The number of hydrogen-bond donors (Lipinski definition) is 0. The molecule has 0 saturated carbocycles. The van der Waals surface area contributed by atoms with Gasteiger partial charge in [0.15, 0.2) is 0 Å². The Morgan fingerprint density at radius 3 is 2.42 bits per heavy atom. The lowest BCUT2D eigenvalue weighted by atomic mass is 10.1. The molecule has 19 heavy (non-hydrogen) atoms. The van der Waals surface area contributed by atoms with Gasteiger partial charge in [-0.15, -0.1) is 10.2 Å². The molecule has 0 aliphatic rings. The van der Waals surface area contributed by atoms with Gasteiger partial charge in [-0.3, -0.25) is 0 Å². The maximum atomic E-state index is 5.62. The third kappa shape index (κ3) is 2.70. The van der Waals surface area contributed by atoms with E-state index in [1.165, 1.54) is 0 Å². The number of benzene rings is 1. The van der Waals surface area contributed by atoms with E-state index < -0.39 is 0 Å². The summed E-state index contributed by atoms with van der Waals surface area (Å²) in [5.41, 5.74) is 2.97. The highest BCUT2D eigenvalue weighted by Crippen LogP contribution is 2.13. The van der Waals surface area contributed by atoms with Gasteiger partial charge in [-0.25, -0.2) is 0 Å². The van der Waals surface area contributed by atoms with Gasteiger partial charge in [0.05, 0.1) is 18.5 Å². The van der Waals surface area contributed by atoms with E-state index in [1.54, 1.807) is 6.26 Å². The Morgan fingerprint density at radius 2 is 1.74 bits per heavy atom. The van der Waals surface area contributed by atoms with Crippen molar-refractivity contribution in [2.24, 2.45) is 0 Å². The van der Waals surface area contributed by atoms with Gasteiger partial charge >= 0.3 is 0 Å². The van der Waals surface area contributed by atoms with E-state index in [0.717, 1.165) is 16.8 Å². The molecule has 0 bridgehead atoms. The number of rotatable bonds is 4. The first-order valence-electron chi connectivity index (χ1n) is 6.06. The van der Waals surface area contributed by atoms with Crippen molar-refractivity contribution in [2.75, 3.05) is 0 Å². The molecular weight excluding hydrogens is 242 g/mol. The zero-order valence-corrected chi connectivity index (χ0v) is 10.5. The predicted molar refractivity (Wildman–Crippen MR) is 67.6 cm³/mol. The number of hydrogen-bond acceptors (Lipinski definition) is 5. The van der Waals surface area contributed by atoms with Crippen LogP contribution in [0.3, 0.4) is 0 Å². The number of aryl methyl sites for hydroxylation is 1. The number of aromatic nitrogens is 3. The summed E-state index contributed by atoms with van der Waals surface area (Å²) in [5, 5.41) is 11.9. The third-order valence-corrected chi connectivity index (χ3v) is 2.90. The van der Waals surface area contributed by atoms with E-state index in [4.69, 9.17) is 8.94 Å². The quantitative estimate of drug-likeness (QED) is 0.716. The summed E-state index contributed by atoms with van der Waals surface area (Å²) in [5.74, 6) is 1.20. The van der Waals surface area contributed by atoms with Gasteiger partial charge in [-0.2, -0.15) is 0 Å². The first kappa shape index (κ1) is 11.6. The standard InChI is InChI=1S/C14H13N3O2/c1-10-12(9-18-17-10)8-14-16-15-13(19-14)7-11-5-3-2-4-6-11/h2-6,9H,7-8H2,1H3. The largest absolute Gasteiger partial charge is 0.425 e.